The van der Waals surface area contributed by atoms with E-state index >= 15 is 0 Å². The number of aliphatic hydroxyl groups excluding tert-OH is 1. The Labute approximate surface area is 94.7 Å². The molecular formula is C13H16O3. The first-order valence-corrected chi connectivity index (χ1v) is 5.70. The molecule has 2 N–H and O–H groups in total. The third-order valence-electron chi connectivity index (χ3n) is 3.32. The maximum atomic E-state index is 10.7. The summed E-state index contributed by atoms with van der Waals surface area (Å²) in [5.74, 6) is -0.729. The fraction of sp³-hybridized carbons (Fsp3) is 0.462. The maximum Gasteiger partial charge on any atom is 0.335 e. The molecule has 86 valence electrons. The minimum Gasteiger partial charge on any atom is -0.478 e. The fourth-order valence-electron chi connectivity index (χ4n) is 2.37. The summed E-state index contributed by atoms with van der Waals surface area (Å²) < 4.78 is 0. The number of benzene rings is 1. The van der Waals surface area contributed by atoms with Gasteiger partial charge < -0.3 is 10.2 Å². The molecule has 1 aromatic carbocycles. The molecule has 0 radical (unpaired) electrons. The van der Waals surface area contributed by atoms with E-state index in [1.165, 1.54) is 0 Å². The zero-order chi connectivity index (χ0) is 11.5. The Balaban J connectivity index is 2.17. The molecule has 1 aliphatic rings. The number of carbonyl (C=O) groups is 1. The highest BCUT2D eigenvalue weighted by atomic mass is 16.4. The van der Waals surface area contributed by atoms with Crippen LogP contribution in [-0.4, -0.2) is 22.3 Å². The van der Waals surface area contributed by atoms with Crippen LogP contribution in [0.2, 0.25) is 0 Å². The molecule has 1 aliphatic carbocycles. The number of rotatable bonds is 2. The molecule has 16 heavy (non-hydrogen) atoms. The van der Waals surface area contributed by atoms with Crippen LogP contribution in [0.25, 0.3) is 0 Å². The fourth-order valence-corrected chi connectivity index (χ4v) is 2.37. The van der Waals surface area contributed by atoms with Crippen molar-refractivity contribution in [3.63, 3.8) is 0 Å². The van der Waals surface area contributed by atoms with E-state index in [1.54, 1.807) is 12.1 Å². The van der Waals surface area contributed by atoms with E-state index in [2.05, 4.69) is 0 Å². The van der Waals surface area contributed by atoms with Crippen LogP contribution in [0, 0.1) is 0 Å². The van der Waals surface area contributed by atoms with Crippen LogP contribution in [0.5, 0.6) is 0 Å². The molecule has 0 heterocycles. The monoisotopic (exact) mass is 220 g/mol. The van der Waals surface area contributed by atoms with Crippen molar-refractivity contribution >= 4 is 5.97 Å². The number of carboxylic acids is 1. The van der Waals surface area contributed by atoms with Gasteiger partial charge >= 0.3 is 5.97 Å². The van der Waals surface area contributed by atoms with Gasteiger partial charge in [0.05, 0.1) is 11.7 Å². The van der Waals surface area contributed by atoms with Gasteiger partial charge in [0.1, 0.15) is 0 Å². The summed E-state index contributed by atoms with van der Waals surface area (Å²) in [6, 6.07) is 6.86. The van der Waals surface area contributed by atoms with Gasteiger partial charge in [0.25, 0.3) is 0 Å². The van der Waals surface area contributed by atoms with Crippen LogP contribution in [0.1, 0.15) is 47.5 Å². The summed E-state index contributed by atoms with van der Waals surface area (Å²) in [7, 11) is 0. The maximum absolute atomic E-state index is 10.7. The van der Waals surface area contributed by atoms with Crippen molar-refractivity contribution < 1.29 is 15.0 Å². The summed E-state index contributed by atoms with van der Waals surface area (Å²) in [6.07, 6.45) is 3.80. The minimum absolute atomic E-state index is 0.177. The number of aliphatic hydroxyl groups is 1. The summed E-state index contributed by atoms with van der Waals surface area (Å²) in [4.78, 5) is 10.7. The number of carboxylic acid groups (broad SMARTS) is 1. The van der Waals surface area contributed by atoms with Crippen LogP contribution in [-0.2, 0) is 0 Å². The molecule has 1 aromatic rings. The first-order chi connectivity index (χ1) is 7.68. The van der Waals surface area contributed by atoms with Gasteiger partial charge in [-0.25, -0.2) is 4.79 Å². The van der Waals surface area contributed by atoms with Crippen LogP contribution in [0.15, 0.2) is 24.3 Å². The number of aromatic carboxylic acids is 1. The lowest BCUT2D eigenvalue weighted by atomic mass is 9.81. The van der Waals surface area contributed by atoms with Crippen molar-refractivity contribution in [3.8, 4) is 0 Å². The largest absolute Gasteiger partial charge is 0.478 e. The van der Waals surface area contributed by atoms with Gasteiger partial charge in [0, 0.05) is 5.92 Å². The molecule has 1 saturated carbocycles. The van der Waals surface area contributed by atoms with E-state index in [9.17, 15) is 9.90 Å². The van der Waals surface area contributed by atoms with E-state index in [-0.39, 0.29) is 12.0 Å². The molecule has 1 fully saturated rings. The highest BCUT2D eigenvalue weighted by Gasteiger charge is 2.24. The first-order valence-electron chi connectivity index (χ1n) is 5.70. The van der Waals surface area contributed by atoms with Gasteiger partial charge in [-0.1, -0.05) is 25.0 Å². The lowest BCUT2D eigenvalue weighted by Gasteiger charge is -2.27. The van der Waals surface area contributed by atoms with Gasteiger partial charge in [-0.15, -0.1) is 0 Å². The summed E-state index contributed by atoms with van der Waals surface area (Å²) in [6.45, 7) is 0. The van der Waals surface area contributed by atoms with Gasteiger partial charge in [-0.2, -0.15) is 0 Å². The topological polar surface area (TPSA) is 57.5 Å². The highest BCUT2D eigenvalue weighted by Crippen LogP contribution is 2.32. The van der Waals surface area contributed by atoms with Crippen molar-refractivity contribution in [2.24, 2.45) is 0 Å². The van der Waals surface area contributed by atoms with Gasteiger partial charge in [-0.05, 0) is 30.5 Å². The Kier molecular flexibility index (Phi) is 3.25. The lowest BCUT2D eigenvalue weighted by Crippen LogP contribution is -2.22. The second-order valence-electron chi connectivity index (χ2n) is 4.39. The zero-order valence-electron chi connectivity index (χ0n) is 9.10. The molecule has 0 saturated heterocycles. The van der Waals surface area contributed by atoms with Crippen molar-refractivity contribution in [2.75, 3.05) is 0 Å². The molecule has 0 aliphatic heterocycles. The zero-order valence-corrected chi connectivity index (χ0v) is 9.10. The standard InChI is InChI=1S/C13H16O3/c14-12-4-2-1-3-11(12)9-5-7-10(8-6-9)13(15)16/h5-8,11-12,14H,1-4H2,(H,15,16). The number of hydrogen-bond acceptors (Lipinski definition) is 2. The Morgan fingerprint density at radius 2 is 1.75 bits per heavy atom. The van der Waals surface area contributed by atoms with Crippen LogP contribution >= 0.6 is 0 Å². The molecule has 0 amide bonds. The quantitative estimate of drug-likeness (QED) is 0.804. The second-order valence-corrected chi connectivity index (χ2v) is 4.39. The van der Waals surface area contributed by atoms with E-state index in [4.69, 9.17) is 5.11 Å². The third-order valence-corrected chi connectivity index (χ3v) is 3.32. The summed E-state index contributed by atoms with van der Waals surface area (Å²) >= 11 is 0. The average Bonchev–Trinajstić information content (AvgIpc) is 2.30. The SMILES string of the molecule is O=C(O)c1ccc(C2CCCCC2O)cc1. The van der Waals surface area contributed by atoms with E-state index < -0.39 is 5.97 Å². The smallest absolute Gasteiger partial charge is 0.335 e. The van der Waals surface area contributed by atoms with Crippen LogP contribution in [0.4, 0.5) is 0 Å². The van der Waals surface area contributed by atoms with Crippen molar-refractivity contribution in [2.45, 2.75) is 37.7 Å². The molecule has 0 spiro atoms. The molecular weight excluding hydrogens is 204 g/mol. The molecule has 3 nitrogen and oxygen atoms in total. The van der Waals surface area contributed by atoms with E-state index in [0.29, 0.717) is 5.56 Å². The first kappa shape index (κ1) is 11.1. The van der Waals surface area contributed by atoms with Crippen molar-refractivity contribution in [1.29, 1.82) is 0 Å². The molecule has 0 bridgehead atoms. The van der Waals surface area contributed by atoms with Crippen molar-refractivity contribution in [1.82, 2.24) is 0 Å². The van der Waals surface area contributed by atoms with Crippen molar-refractivity contribution in [3.05, 3.63) is 35.4 Å². The van der Waals surface area contributed by atoms with Gasteiger partial charge in [0.2, 0.25) is 0 Å². The summed E-state index contributed by atoms with van der Waals surface area (Å²) in [5, 5.41) is 18.7. The molecule has 3 heteroatoms. The second kappa shape index (κ2) is 4.66. The van der Waals surface area contributed by atoms with Crippen LogP contribution < -0.4 is 0 Å². The molecule has 2 atom stereocenters. The third kappa shape index (κ3) is 2.25. The average molecular weight is 220 g/mol. The van der Waals surface area contributed by atoms with Gasteiger partial charge in [0.15, 0.2) is 0 Å². The van der Waals surface area contributed by atoms with E-state index in [0.717, 1.165) is 31.2 Å². The predicted molar refractivity (Wildman–Crippen MR) is 60.6 cm³/mol. The number of hydrogen-bond donors (Lipinski definition) is 2. The normalized spacial score (nSPS) is 25.3. The lowest BCUT2D eigenvalue weighted by molar-refractivity contribution is 0.0697. The Bertz CT molecular complexity index is 369. The van der Waals surface area contributed by atoms with Crippen LogP contribution in [0.3, 0.4) is 0 Å². The molecule has 2 unspecified atom stereocenters. The Morgan fingerprint density at radius 1 is 1.12 bits per heavy atom. The minimum atomic E-state index is -0.907. The highest BCUT2D eigenvalue weighted by molar-refractivity contribution is 5.87. The van der Waals surface area contributed by atoms with E-state index in [1.807, 2.05) is 12.1 Å². The Morgan fingerprint density at radius 3 is 2.31 bits per heavy atom. The Hall–Kier alpha value is -1.35. The summed E-state index contributed by atoms with van der Waals surface area (Å²) in [5.41, 5.74) is 1.35. The van der Waals surface area contributed by atoms with Gasteiger partial charge in [-0.3, -0.25) is 0 Å². The molecule has 2 rings (SSSR count). The molecule has 0 aromatic heterocycles. The predicted octanol–water partition coefficient (Wildman–Crippen LogP) is 2.40.